The lowest BCUT2D eigenvalue weighted by Crippen LogP contribution is -1.97. The van der Waals surface area contributed by atoms with E-state index < -0.39 is 0 Å². The van der Waals surface area contributed by atoms with E-state index in [1.165, 1.54) is 51.4 Å². The van der Waals surface area contributed by atoms with E-state index in [0.29, 0.717) is 0 Å². The van der Waals surface area contributed by atoms with E-state index in [1.54, 1.807) is 25.6 Å². The fraction of sp³-hybridized carbons (Fsp3) is 0.625. The summed E-state index contributed by atoms with van der Waals surface area (Å²) in [6.07, 6.45) is 18.1. The number of unbranched alkanes of at least 4 members (excludes halogenated alkanes) is 7. The molecule has 0 saturated carbocycles. The molecule has 0 spiro atoms. The number of hydrogen-bond donors (Lipinski definition) is 0. The summed E-state index contributed by atoms with van der Waals surface area (Å²) < 4.78 is 8.37. The van der Waals surface area contributed by atoms with Crippen LogP contribution in [0.5, 0.6) is 0 Å². The number of aliphatic hydroxyl groups is 4. The Bertz CT molecular complexity index is 275. The molecule has 0 aromatic carbocycles. The molecule has 0 atom stereocenters. The van der Waals surface area contributed by atoms with Gasteiger partial charge in [0.15, 0.2) is 0 Å². The minimum atomic E-state index is 1.000. The summed E-state index contributed by atoms with van der Waals surface area (Å²) in [5, 5.41) is 0. The molecule has 0 saturated heterocycles. The Balaban J connectivity index is 1.28. The molecule has 0 aliphatic carbocycles. The number of ether oxygens (including phenoxy) is 2. The highest BCUT2D eigenvalue weighted by Gasteiger charge is 2.02. The van der Waals surface area contributed by atoms with Gasteiger partial charge in [-0.3, -0.25) is 0 Å². The molecule has 2 heterocycles. The summed E-state index contributed by atoms with van der Waals surface area (Å²) in [7, 11) is 0. The average Bonchev–Trinajstić information content (AvgIpc) is 3.14. The lowest BCUT2D eigenvalue weighted by atomic mass is 10.1. The summed E-state index contributed by atoms with van der Waals surface area (Å²) in [5.74, 6) is 0. The molecule has 114 valence electrons. The Morgan fingerprint density at radius 1 is 0.650 bits per heavy atom. The van der Waals surface area contributed by atoms with Crippen LogP contribution in [0.25, 0.3) is 0 Å². The second-order valence-corrected chi connectivity index (χ2v) is 5.27. The van der Waals surface area contributed by atoms with Gasteiger partial charge in [-0.1, -0.05) is 51.4 Å². The lowest BCUT2D eigenvalue weighted by Gasteiger charge is -2.15. The normalized spacial score (nSPS) is 16.8. The van der Waals surface area contributed by atoms with Crippen molar-refractivity contribution in [3.63, 3.8) is 0 Å². The molecule has 0 aromatic heterocycles. The molecule has 0 radical (unpaired) electrons. The first-order chi connectivity index (χ1) is 9.95. The van der Waals surface area contributed by atoms with Crippen molar-refractivity contribution in [2.75, 3.05) is 0 Å². The Kier molecular flexibility index (Phi) is 7.28. The molecular weight excluding hydrogens is 252 g/mol. The van der Waals surface area contributed by atoms with Crippen LogP contribution in [0.15, 0.2) is 9.98 Å². The van der Waals surface area contributed by atoms with Crippen molar-refractivity contribution < 1.29 is 9.47 Å². The maximum atomic E-state index is 4.18. The van der Waals surface area contributed by atoms with E-state index >= 15 is 0 Å². The first-order valence-corrected chi connectivity index (χ1v) is 7.80. The topological polar surface area (TPSA) is 50.3 Å². The SMILES string of the molecule is C1=N[C-](CCCCCCCCCC[C-]2N=C[CH-][OH+]2)[OH+][CH-]1. The maximum Gasteiger partial charge on any atom is 0.119 e. The van der Waals surface area contributed by atoms with E-state index in [-0.39, 0.29) is 0 Å². The fourth-order valence-corrected chi connectivity index (χ4v) is 2.43. The zero-order chi connectivity index (χ0) is 13.9. The van der Waals surface area contributed by atoms with Gasteiger partial charge in [-0.15, -0.1) is 0 Å². The zero-order valence-electron chi connectivity index (χ0n) is 12.2. The smallest absolute Gasteiger partial charge is 0.119 e. The summed E-state index contributed by atoms with van der Waals surface area (Å²) in [4.78, 5) is 8.37. The van der Waals surface area contributed by atoms with Crippen molar-refractivity contribution in [1.29, 1.82) is 0 Å². The highest BCUT2D eigenvalue weighted by atomic mass is 16.5. The van der Waals surface area contributed by atoms with Crippen LogP contribution < -0.4 is 0 Å². The highest BCUT2D eigenvalue weighted by Crippen LogP contribution is 2.19. The first kappa shape index (κ1) is 15.1. The van der Waals surface area contributed by atoms with E-state index in [2.05, 4.69) is 19.5 Å². The second-order valence-electron chi connectivity index (χ2n) is 5.27. The van der Waals surface area contributed by atoms with E-state index in [4.69, 9.17) is 0 Å². The highest BCUT2D eigenvalue weighted by molar-refractivity contribution is 5.68. The monoisotopic (exact) mass is 278 g/mol. The second kappa shape index (κ2) is 9.61. The van der Waals surface area contributed by atoms with Crippen molar-refractivity contribution in [2.45, 2.75) is 64.2 Å². The van der Waals surface area contributed by atoms with Gasteiger partial charge >= 0.3 is 0 Å². The van der Waals surface area contributed by atoms with Crippen LogP contribution in [0.4, 0.5) is 0 Å². The van der Waals surface area contributed by atoms with Crippen molar-refractivity contribution in [1.82, 2.24) is 0 Å². The van der Waals surface area contributed by atoms with Crippen LogP contribution in [0, 0.1) is 25.7 Å². The van der Waals surface area contributed by atoms with Gasteiger partial charge in [0.25, 0.3) is 0 Å². The van der Waals surface area contributed by atoms with Crippen LogP contribution in [0.2, 0.25) is 0 Å². The third kappa shape index (κ3) is 6.26. The van der Waals surface area contributed by atoms with Crippen molar-refractivity contribution in [3.8, 4) is 0 Å². The molecule has 4 nitrogen and oxygen atoms in total. The number of nitrogens with zero attached hydrogens (tertiary/aromatic N) is 2. The van der Waals surface area contributed by atoms with Crippen molar-refractivity contribution >= 4 is 12.4 Å². The molecule has 2 aliphatic rings. The Morgan fingerprint density at radius 3 is 1.40 bits per heavy atom. The summed E-state index contributed by atoms with van der Waals surface area (Å²) in [6, 6.07) is 0. The van der Waals surface area contributed by atoms with Gasteiger partial charge in [0, 0.05) is 0 Å². The molecule has 0 aromatic rings. The van der Waals surface area contributed by atoms with Gasteiger partial charge in [-0.05, 0) is 12.8 Å². The van der Waals surface area contributed by atoms with E-state index in [1.807, 2.05) is 0 Å². The van der Waals surface area contributed by atoms with Crippen LogP contribution in [-0.2, 0) is 0 Å². The van der Waals surface area contributed by atoms with Crippen LogP contribution >= 0.6 is 0 Å². The maximum absolute atomic E-state index is 4.18. The quantitative estimate of drug-likeness (QED) is 0.309. The third-order valence-corrected chi connectivity index (χ3v) is 3.58. The summed E-state index contributed by atoms with van der Waals surface area (Å²) >= 11 is 0. The molecule has 0 fully saturated rings. The molecule has 2 N–H and O–H groups in total. The predicted octanol–water partition coefficient (Wildman–Crippen LogP) is 4.18. The average molecular weight is 278 g/mol. The minimum Gasteiger partial charge on any atom is -0.603 e. The predicted molar refractivity (Wildman–Crippen MR) is 82.1 cm³/mol. The zero-order valence-corrected chi connectivity index (χ0v) is 12.2. The fourth-order valence-electron chi connectivity index (χ4n) is 2.43. The first-order valence-electron chi connectivity index (χ1n) is 7.80. The molecule has 0 unspecified atom stereocenters. The Hall–Kier alpha value is -1.26. The van der Waals surface area contributed by atoms with Gasteiger partial charge in [-0.25, -0.2) is 12.4 Å². The number of hydrogen-bond acceptors (Lipinski definition) is 2. The Labute approximate surface area is 122 Å². The molecule has 2 aliphatic heterocycles. The third-order valence-electron chi connectivity index (χ3n) is 3.58. The number of rotatable bonds is 11. The lowest BCUT2D eigenvalue weighted by molar-refractivity contribution is 0.0573. The van der Waals surface area contributed by atoms with Crippen molar-refractivity contribution in [2.24, 2.45) is 9.98 Å². The van der Waals surface area contributed by atoms with Crippen LogP contribution in [0.1, 0.15) is 64.2 Å². The van der Waals surface area contributed by atoms with Crippen molar-refractivity contribution in [3.05, 3.63) is 25.7 Å². The largest absolute Gasteiger partial charge is 0.603 e. The molecule has 0 amide bonds. The van der Waals surface area contributed by atoms with Gasteiger partial charge in [0.05, 0.1) is 0 Å². The molecular formula is C16H26N2O2-2. The van der Waals surface area contributed by atoms with Crippen LogP contribution in [0.3, 0.4) is 0 Å². The standard InChI is InChI=1S/C16H26N2O2/c1(3-5-7-9-15-17-11-13-19-15)2-4-6-8-10-16-18-12-14-20-16/h11-14,19-20H,1-10H2/q-2. The van der Waals surface area contributed by atoms with Crippen LogP contribution in [-0.4, -0.2) is 21.9 Å². The van der Waals surface area contributed by atoms with Gasteiger partial charge < -0.3 is 19.5 Å². The van der Waals surface area contributed by atoms with E-state index in [9.17, 15) is 0 Å². The minimum absolute atomic E-state index is 1.000. The summed E-state index contributed by atoms with van der Waals surface area (Å²) in [5.41, 5.74) is 0. The van der Waals surface area contributed by atoms with Gasteiger partial charge in [0.2, 0.25) is 0 Å². The molecule has 2 rings (SSSR count). The Morgan fingerprint density at radius 2 is 1.05 bits per heavy atom. The molecule has 20 heavy (non-hydrogen) atoms. The molecule has 0 bridgehead atoms. The molecule has 4 heteroatoms. The van der Waals surface area contributed by atoms with E-state index in [0.717, 1.165) is 25.3 Å². The van der Waals surface area contributed by atoms with Gasteiger partial charge in [0.1, 0.15) is 12.5 Å². The summed E-state index contributed by atoms with van der Waals surface area (Å²) in [6.45, 7) is 3.55. The van der Waals surface area contributed by atoms with Gasteiger partial charge in [-0.2, -0.15) is 13.2 Å². The number of aliphatic imine (C=N–C) groups is 2.